The van der Waals surface area contributed by atoms with Crippen molar-refractivity contribution in [3.05, 3.63) is 35.8 Å². The highest BCUT2D eigenvalue weighted by Gasteiger charge is 2.07. The Morgan fingerprint density at radius 1 is 1.61 bits per heavy atom. The van der Waals surface area contributed by atoms with Crippen LogP contribution in [0.5, 0.6) is 0 Å². The van der Waals surface area contributed by atoms with Gasteiger partial charge in [-0.3, -0.25) is 0 Å². The highest BCUT2D eigenvalue weighted by atomic mass is 16.4. The Bertz CT molecular complexity index is 532. The van der Waals surface area contributed by atoms with E-state index in [4.69, 9.17) is 9.52 Å². The average Bonchev–Trinajstić information content (AvgIpc) is 2.94. The van der Waals surface area contributed by atoms with Crippen LogP contribution in [0.2, 0.25) is 0 Å². The third-order valence-corrected chi connectivity index (χ3v) is 2.53. The number of aromatic carboxylic acids is 1. The predicted molar refractivity (Wildman–Crippen MR) is 62.1 cm³/mol. The van der Waals surface area contributed by atoms with E-state index in [-0.39, 0.29) is 5.56 Å². The normalized spacial score (nSPS) is 10.7. The minimum absolute atomic E-state index is 0.167. The Balaban J connectivity index is 1.75. The van der Waals surface area contributed by atoms with Gasteiger partial charge in [0, 0.05) is 20.0 Å². The fraction of sp³-hybridized carbons (Fsp3) is 0.364. The monoisotopic (exact) mass is 250 g/mol. The van der Waals surface area contributed by atoms with Crippen molar-refractivity contribution in [2.45, 2.75) is 13.0 Å². The molecular formula is C11H14N4O3. The van der Waals surface area contributed by atoms with Gasteiger partial charge in [0.2, 0.25) is 0 Å². The molecule has 0 aliphatic carbocycles. The Morgan fingerprint density at radius 3 is 3.06 bits per heavy atom. The van der Waals surface area contributed by atoms with Crippen LogP contribution in [0.25, 0.3) is 0 Å². The summed E-state index contributed by atoms with van der Waals surface area (Å²) in [4.78, 5) is 10.6. The van der Waals surface area contributed by atoms with Crippen LogP contribution in [-0.4, -0.2) is 32.4 Å². The lowest BCUT2D eigenvalue weighted by Crippen LogP contribution is -2.17. The van der Waals surface area contributed by atoms with Crippen LogP contribution in [-0.2, 0) is 20.0 Å². The van der Waals surface area contributed by atoms with Crippen molar-refractivity contribution in [2.75, 3.05) is 6.54 Å². The minimum Gasteiger partial charge on any atom is -0.478 e. The number of carbonyl (C=O) groups is 1. The molecule has 0 radical (unpaired) electrons. The van der Waals surface area contributed by atoms with E-state index in [1.165, 1.54) is 12.3 Å². The standard InChI is InChI=1S/C11H14N4O3/c1-15-7-13-14-10(15)2-3-12-5-9-4-8(6-18-9)11(16)17/h4,6-7,12H,2-3,5H2,1H3,(H,16,17). The molecule has 18 heavy (non-hydrogen) atoms. The summed E-state index contributed by atoms with van der Waals surface area (Å²) in [6.45, 7) is 1.21. The molecule has 0 saturated heterocycles. The van der Waals surface area contributed by atoms with Crippen LogP contribution in [0.1, 0.15) is 21.9 Å². The van der Waals surface area contributed by atoms with Crippen LogP contribution in [0.4, 0.5) is 0 Å². The fourth-order valence-electron chi connectivity index (χ4n) is 1.53. The van der Waals surface area contributed by atoms with E-state index in [0.717, 1.165) is 18.8 Å². The number of hydrogen-bond donors (Lipinski definition) is 2. The number of aryl methyl sites for hydroxylation is 1. The van der Waals surface area contributed by atoms with E-state index in [1.54, 1.807) is 6.33 Å². The summed E-state index contributed by atoms with van der Waals surface area (Å²) in [6.07, 6.45) is 3.64. The first-order chi connectivity index (χ1) is 8.66. The lowest BCUT2D eigenvalue weighted by Gasteiger charge is -2.02. The SMILES string of the molecule is Cn1cnnc1CCNCc1cc(C(=O)O)co1. The second-order valence-electron chi connectivity index (χ2n) is 3.89. The zero-order valence-electron chi connectivity index (χ0n) is 9.96. The highest BCUT2D eigenvalue weighted by Crippen LogP contribution is 2.07. The quantitative estimate of drug-likeness (QED) is 0.722. The van der Waals surface area contributed by atoms with Crippen molar-refractivity contribution in [3.63, 3.8) is 0 Å². The van der Waals surface area contributed by atoms with Crippen molar-refractivity contribution < 1.29 is 14.3 Å². The number of carboxylic acids is 1. The molecular weight excluding hydrogens is 236 g/mol. The van der Waals surface area contributed by atoms with E-state index in [2.05, 4.69) is 15.5 Å². The van der Waals surface area contributed by atoms with Gasteiger partial charge in [-0.2, -0.15) is 0 Å². The third-order valence-electron chi connectivity index (χ3n) is 2.53. The second-order valence-corrected chi connectivity index (χ2v) is 3.89. The molecule has 0 spiro atoms. The van der Waals surface area contributed by atoms with Gasteiger partial charge in [0.05, 0.1) is 12.1 Å². The van der Waals surface area contributed by atoms with Crippen molar-refractivity contribution in [2.24, 2.45) is 7.05 Å². The molecule has 0 unspecified atom stereocenters. The first kappa shape index (κ1) is 12.3. The molecule has 7 heteroatoms. The first-order valence-corrected chi connectivity index (χ1v) is 5.51. The van der Waals surface area contributed by atoms with Gasteiger partial charge in [-0.05, 0) is 6.07 Å². The molecule has 0 amide bonds. The van der Waals surface area contributed by atoms with Crippen molar-refractivity contribution in [1.82, 2.24) is 20.1 Å². The number of carboxylic acid groups (broad SMARTS) is 1. The number of nitrogens with one attached hydrogen (secondary N) is 1. The smallest absolute Gasteiger partial charge is 0.338 e. The average molecular weight is 250 g/mol. The van der Waals surface area contributed by atoms with Gasteiger partial charge in [0.25, 0.3) is 0 Å². The molecule has 2 rings (SSSR count). The molecule has 0 fully saturated rings. The zero-order valence-corrected chi connectivity index (χ0v) is 9.96. The molecule has 2 heterocycles. The van der Waals surface area contributed by atoms with Gasteiger partial charge in [-0.1, -0.05) is 0 Å². The molecule has 2 N–H and O–H groups in total. The molecule has 2 aromatic rings. The molecule has 0 aliphatic heterocycles. The Kier molecular flexibility index (Phi) is 3.73. The van der Waals surface area contributed by atoms with Gasteiger partial charge in [-0.15, -0.1) is 10.2 Å². The van der Waals surface area contributed by atoms with Crippen LogP contribution < -0.4 is 5.32 Å². The van der Waals surface area contributed by atoms with Gasteiger partial charge in [0.1, 0.15) is 24.2 Å². The van der Waals surface area contributed by atoms with Gasteiger partial charge >= 0.3 is 5.97 Å². The lowest BCUT2D eigenvalue weighted by atomic mass is 10.3. The zero-order chi connectivity index (χ0) is 13.0. The molecule has 7 nitrogen and oxygen atoms in total. The summed E-state index contributed by atoms with van der Waals surface area (Å²) in [7, 11) is 1.89. The second kappa shape index (κ2) is 5.46. The van der Waals surface area contributed by atoms with Crippen molar-refractivity contribution in [3.8, 4) is 0 Å². The Morgan fingerprint density at radius 2 is 2.44 bits per heavy atom. The summed E-state index contributed by atoms with van der Waals surface area (Å²) >= 11 is 0. The Hall–Kier alpha value is -2.15. The first-order valence-electron chi connectivity index (χ1n) is 5.51. The van der Waals surface area contributed by atoms with E-state index in [1.807, 2.05) is 11.6 Å². The number of rotatable bonds is 6. The Labute approximate surface area is 103 Å². The van der Waals surface area contributed by atoms with Gasteiger partial charge < -0.3 is 19.4 Å². The topological polar surface area (TPSA) is 93.2 Å². The lowest BCUT2D eigenvalue weighted by molar-refractivity contribution is 0.0696. The summed E-state index contributed by atoms with van der Waals surface area (Å²) in [5, 5.41) is 19.6. The summed E-state index contributed by atoms with van der Waals surface area (Å²) < 4.78 is 6.97. The molecule has 0 aromatic carbocycles. The maximum absolute atomic E-state index is 10.6. The largest absolute Gasteiger partial charge is 0.478 e. The van der Waals surface area contributed by atoms with Crippen LogP contribution in [0.15, 0.2) is 23.1 Å². The maximum Gasteiger partial charge on any atom is 0.338 e. The number of aromatic nitrogens is 3. The maximum atomic E-state index is 10.6. The molecule has 0 bridgehead atoms. The predicted octanol–water partition coefficient (Wildman–Crippen LogP) is 0.439. The molecule has 0 saturated carbocycles. The van der Waals surface area contributed by atoms with E-state index in [0.29, 0.717) is 12.3 Å². The molecule has 2 aromatic heterocycles. The summed E-state index contributed by atoms with van der Waals surface area (Å²) in [5.41, 5.74) is 0.167. The van der Waals surface area contributed by atoms with Crippen LogP contribution >= 0.6 is 0 Å². The molecule has 0 aliphatic rings. The summed E-state index contributed by atoms with van der Waals surface area (Å²) in [5.74, 6) is 0.516. The van der Waals surface area contributed by atoms with Crippen molar-refractivity contribution >= 4 is 5.97 Å². The third kappa shape index (κ3) is 2.95. The van der Waals surface area contributed by atoms with Crippen LogP contribution in [0, 0.1) is 0 Å². The minimum atomic E-state index is -0.982. The van der Waals surface area contributed by atoms with E-state index >= 15 is 0 Å². The number of hydrogen-bond acceptors (Lipinski definition) is 5. The van der Waals surface area contributed by atoms with E-state index in [9.17, 15) is 4.79 Å². The molecule has 0 atom stereocenters. The fourth-order valence-corrected chi connectivity index (χ4v) is 1.53. The molecule has 96 valence electrons. The number of nitrogens with zero attached hydrogens (tertiary/aromatic N) is 3. The van der Waals surface area contributed by atoms with Gasteiger partial charge in [0.15, 0.2) is 0 Å². The van der Waals surface area contributed by atoms with Gasteiger partial charge in [-0.25, -0.2) is 4.79 Å². The summed E-state index contributed by atoms with van der Waals surface area (Å²) in [6, 6.07) is 1.51. The van der Waals surface area contributed by atoms with Crippen LogP contribution in [0.3, 0.4) is 0 Å². The van der Waals surface area contributed by atoms with E-state index < -0.39 is 5.97 Å². The number of furan rings is 1. The van der Waals surface area contributed by atoms with Crippen molar-refractivity contribution in [1.29, 1.82) is 0 Å². The highest BCUT2D eigenvalue weighted by molar-refractivity contribution is 5.87.